The number of fused-ring (bicyclic) bond motifs is 1. The van der Waals surface area contributed by atoms with Crippen LogP contribution in [-0.2, 0) is 13.0 Å². The van der Waals surface area contributed by atoms with Gasteiger partial charge in [0.15, 0.2) is 11.5 Å². The molecule has 0 fully saturated rings. The number of aryl methyl sites for hydroxylation is 2. The predicted molar refractivity (Wildman–Crippen MR) is 98.8 cm³/mol. The Morgan fingerprint density at radius 2 is 1.64 bits per heavy atom. The fraction of sp³-hybridized carbons (Fsp3) is 0.429. The van der Waals surface area contributed by atoms with Gasteiger partial charge in [0.1, 0.15) is 18.3 Å². The minimum atomic E-state index is 0.387. The summed E-state index contributed by atoms with van der Waals surface area (Å²) in [6.07, 6.45) is 1.03. The summed E-state index contributed by atoms with van der Waals surface area (Å²) in [7, 11) is 3.37. The third kappa shape index (κ3) is 3.31. The first-order valence-electron chi connectivity index (χ1n) is 8.83. The van der Waals surface area contributed by atoms with E-state index in [4.69, 9.17) is 9.47 Å². The van der Waals surface area contributed by atoms with E-state index in [0.29, 0.717) is 11.8 Å². The molecule has 4 nitrogen and oxygen atoms in total. The molecule has 134 valence electrons. The molecule has 0 aromatic heterocycles. The third-order valence-corrected chi connectivity index (χ3v) is 5.42. The van der Waals surface area contributed by atoms with E-state index in [1.54, 1.807) is 14.2 Å². The molecule has 2 aromatic rings. The molecular formula is C21H28NO3+. The number of rotatable bonds is 4. The summed E-state index contributed by atoms with van der Waals surface area (Å²) < 4.78 is 10.9. The van der Waals surface area contributed by atoms with Crippen molar-refractivity contribution in [1.29, 1.82) is 0 Å². The van der Waals surface area contributed by atoms with Crippen molar-refractivity contribution in [1.82, 2.24) is 0 Å². The van der Waals surface area contributed by atoms with E-state index in [-0.39, 0.29) is 0 Å². The normalized spacial score (nSPS) is 19.4. The predicted octanol–water partition coefficient (Wildman–Crippen LogP) is 2.73. The number of benzene rings is 2. The molecule has 3 rings (SSSR count). The van der Waals surface area contributed by atoms with Crippen molar-refractivity contribution < 1.29 is 19.5 Å². The molecule has 0 radical (unpaired) electrons. The number of ether oxygens (including phenoxy) is 2. The maximum atomic E-state index is 9.99. The second kappa shape index (κ2) is 6.96. The molecule has 0 amide bonds. The zero-order valence-electron chi connectivity index (χ0n) is 15.8. The second-order valence-corrected chi connectivity index (χ2v) is 7.04. The fourth-order valence-electron chi connectivity index (χ4n) is 3.94. The molecule has 0 spiro atoms. The van der Waals surface area contributed by atoms with Crippen LogP contribution in [0.2, 0.25) is 0 Å². The zero-order valence-corrected chi connectivity index (χ0v) is 15.8. The van der Waals surface area contributed by atoms with Crippen LogP contribution in [-0.4, -0.2) is 25.9 Å². The summed E-state index contributed by atoms with van der Waals surface area (Å²) in [6, 6.07) is 8.85. The number of methoxy groups -OCH3 is 2. The first-order chi connectivity index (χ1) is 11.9. The van der Waals surface area contributed by atoms with Gasteiger partial charge in [0, 0.05) is 17.5 Å². The monoisotopic (exact) mass is 342 g/mol. The lowest BCUT2D eigenvalue weighted by atomic mass is 9.92. The maximum Gasteiger partial charge on any atom is 0.161 e. The summed E-state index contributed by atoms with van der Waals surface area (Å²) in [5.74, 6) is 2.01. The fourth-order valence-corrected chi connectivity index (χ4v) is 3.94. The van der Waals surface area contributed by atoms with E-state index in [0.717, 1.165) is 42.1 Å². The standard InChI is InChI=1S/C21H27NO3/c1-13-8-16(9-14(2)21(13)23)12-22-7-6-17-10-19(24-4)20(25-5)11-18(17)15(22)3/h8-11,15,23H,6-7,12H2,1-5H3/p+1/t15-/m1/s1. The number of phenols is 1. The molecule has 1 aliphatic rings. The van der Waals surface area contributed by atoms with E-state index < -0.39 is 0 Å². The number of phenolic OH excluding ortho intramolecular Hbond substituents is 1. The molecule has 0 saturated carbocycles. The Balaban J connectivity index is 1.87. The summed E-state index contributed by atoms with van der Waals surface area (Å²) in [6.45, 7) is 8.25. The van der Waals surface area contributed by atoms with Crippen LogP contribution in [0, 0.1) is 13.8 Å². The van der Waals surface area contributed by atoms with Gasteiger partial charge in [-0.1, -0.05) is 0 Å². The van der Waals surface area contributed by atoms with E-state index in [9.17, 15) is 5.11 Å². The van der Waals surface area contributed by atoms with Gasteiger partial charge in [0.25, 0.3) is 0 Å². The van der Waals surface area contributed by atoms with Crippen LogP contribution in [0.25, 0.3) is 0 Å². The summed E-state index contributed by atoms with van der Waals surface area (Å²) in [5, 5.41) is 9.99. The van der Waals surface area contributed by atoms with E-state index in [2.05, 4.69) is 31.2 Å². The molecule has 1 aliphatic heterocycles. The highest BCUT2D eigenvalue weighted by molar-refractivity contribution is 5.48. The molecule has 2 N–H and O–H groups in total. The van der Waals surface area contributed by atoms with Crippen molar-refractivity contribution in [3.63, 3.8) is 0 Å². The van der Waals surface area contributed by atoms with E-state index in [1.165, 1.54) is 21.6 Å². The van der Waals surface area contributed by atoms with Gasteiger partial charge in [-0.3, -0.25) is 0 Å². The van der Waals surface area contributed by atoms with Crippen LogP contribution < -0.4 is 14.4 Å². The quantitative estimate of drug-likeness (QED) is 0.898. The van der Waals surface area contributed by atoms with Gasteiger partial charge in [-0.05, 0) is 61.7 Å². The van der Waals surface area contributed by atoms with Crippen molar-refractivity contribution in [2.75, 3.05) is 20.8 Å². The Morgan fingerprint density at radius 3 is 2.24 bits per heavy atom. The van der Waals surface area contributed by atoms with Crippen LogP contribution >= 0.6 is 0 Å². The highest BCUT2D eigenvalue weighted by Crippen LogP contribution is 2.34. The number of hydrogen-bond donors (Lipinski definition) is 2. The number of quaternary nitrogens is 1. The highest BCUT2D eigenvalue weighted by Gasteiger charge is 2.29. The van der Waals surface area contributed by atoms with Gasteiger partial charge in [0.05, 0.1) is 20.8 Å². The van der Waals surface area contributed by atoms with Gasteiger partial charge in [0.2, 0.25) is 0 Å². The average molecular weight is 342 g/mol. The van der Waals surface area contributed by atoms with Crippen molar-refractivity contribution in [3.8, 4) is 17.2 Å². The van der Waals surface area contributed by atoms with Gasteiger partial charge in [-0.15, -0.1) is 0 Å². The minimum absolute atomic E-state index is 0.387. The molecule has 1 unspecified atom stereocenters. The molecule has 2 aromatic carbocycles. The summed E-state index contributed by atoms with van der Waals surface area (Å²) in [4.78, 5) is 1.53. The number of hydrogen-bond acceptors (Lipinski definition) is 3. The Bertz CT molecular complexity index is 762. The molecule has 0 bridgehead atoms. The summed E-state index contributed by atoms with van der Waals surface area (Å²) >= 11 is 0. The lowest BCUT2D eigenvalue weighted by molar-refractivity contribution is -0.945. The zero-order chi connectivity index (χ0) is 18.1. The summed E-state index contributed by atoms with van der Waals surface area (Å²) in [5.41, 5.74) is 5.87. The lowest BCUT2D eigenvalue weighted by Gasteiger charge is -2.33. The lowest BCUT2D eigenvalue weighted by Crippen LogP contribution is -3.11. The van der Waals surface area contributed by atoms with Crippen LogP contribution in [0.4, 0.5) is 0 Å². The molecular weight excluding hydrogens is 314 g/mol. The molecule has 25 heavy (non-hydrogen) atoms. The largest absolute Gasteiger partial charge is 0.507 e. The molecule has 0 saturated heterocycles. The first-order valence-corrected chi connectivity index (χ1v) is 8.83. The Labute approximate surface area is 150 Å². The van der Waals surface area contributed by atoms with E-state index in [1.807, 2.05) is 13.8 Å². The van der Waals surface area contributed by atoms with Gasteiger partial charge < -0.3 is 19.5 Å². The van der Waals surface area contributed by atoms with Crippen molar-refractivity contribution >= 4 is 0 Å². The Kier molecular flexibility index (Phi) is 4.91. The second-order valence-electron chi connectivity index (χ2n) is 7.04. The highest BCUT2D eigenvalue weighted by atomic mass is 16.5. The molecule has 1 heterocycles. The van der Waals surface area contributed by atoms with Crippen molar-refractivity contribution in [2.24, 2.45) is 0 Å². The van der Waals surface area contributed by atoms with Gasteiger partial charge >= 0.3 is 0 Å². The van der Waals surface area contributed by atoms with Crippen LogP contribution in [0.1, 0.15) is 40.8 Å². The third-order valence-electron chi connectivity index (χ3n) is 5.42. The Hall–Kier alpha value is -2.20. The molecule has 2 atom stereocenters. The SMILES string of the molecule is COc1cc2c(cc1OC)[C@@H](C)[NH+](Cc1cc(C)c(O)c(C)c1)CC2. The van der Waals surface area contributed by atoms with Crippen molar-refractivity contribution in [2.45, 2.75) is 39.8 Å². The van der Waals surface area contributed by atoms with Crippen molar-refractivity contribution in [3.05, 3.63) is 52.1 Å². The minimum Gasteiger partial charge on any atom is -0.507 e. The van der Waals surface area contributed by atoms with Gasteiger partial charge in [-0.2, -0.15) is 0 Å². The van der Waals surface area contributed by atoms with Crippen LogP contribution in [0.3, 0.4) is 0 Å². The topological polar surface area (TPSA) is 43.1 Å². The first kappa shape index (κ1) is 17.6. The van der Waals surface area contributed by atoms with Gasteiger partial charge in [-0.25, -0.2) is 0 Å². The number of nitrogens with one attached hydrogen (secondary N) is 1. The molecule has 4 heteroatoms. The average Bonchev–Trinajstić information content (AvgIpc) is 2.61. The smallest absolute Gasteiger partial charge is 0.161 e. The maximum absolute atomic E-state index is 9.99. The van der Waals surface area contributed by atoms with Crippen LogP contribution in [0.5, 0.6) is 17.2 Å². The van der Waals surface area contributed by atoms with Crippen LogP contribution in [0.15, 0.2) is 24.3 Å². The molecule has 0 aliphatic carbocycles. The number of aromatic hydroxyl groups is 1. The Morgan fingerprint density at radius 1 is 1.04 bits per heavy atom. The van der Waals surface area contributed by atoms with E-state index >= 15 is 0 Å².